The van der Waals surface area contributed by atoms with E-state index in [0.29, 0.717) is 11.6 Å². The predicted molar refractivity (Wildman–Crippen MR) is 79.5 cm³/mol. The molecule has 0 amide bonds. The SMILES string of the molecule is COCCc1ccc(C(N)c2ccc(F)cc2Cl)cc1. The van der Waals surface area contributed by atoms with E-state index in [1.807, 2.05) is 24.3 Å². The fourth-order valence-electron chi connectivity index (χ4n) is 2.04. The van der Waals surface area contributed by atoms with Crippen LogP contribution in [0.3, 0.4) is 0 Å². The minimum absolute atomic E-state index is 0.348. The van der Waals surface area contributed by atoms with Crippen LogP contribution in [0.25, 0.3) is 0 Å². The zero-order chi connectivity index (χ0) is 14.5. The lowest BCUT2D eigenvalue weighted by molar-refractivity contribution is 0.202. The molecule has 0 heterocycles. The highest BCUT2D eigenvalue weighted by Crippen LogP contribution is 2.27. The molecule has 106 valence electrons. The van der Waals surface area contributed by atoms with Gasteiger partial charge in [-0.2, -0.15) is 0 Å². The molecule has 0 bridgehead atoms. The Labute approximate surface area is 123 Å². The van der Waals surface area contributed by atoms with Gasteiger partial charge in [-0.15, -0.1) is 0 Å². The van der Waals surface area contributed by atoms with Gasteiger partial charge in [0.15, 0.2) is 0 Å². The monoisotopic (exact) mass is 293 g/mol. The van der Waals surface area contributed by atoms with Crippen LogP contribution in [0.4, 0.5) is 4.39 Å². The Balaban J connectivity index is 2.18. The summed E-state index contributed by atoms with van der Waals surface area (Å²) in [5.74, 6) is -0.360. The highest BCUT2D eigenvalue weighted by molar-refractivity contribution is 6.31. The first-order chi connectivity index (χ1) is 9.61. The van der Waals surface area contributed by atoms with Crippen LogP contribution in [0, 0.1) is 5.82 Å². The molecule has 0 radical (unpaired) electrons. The molecule has 0 spiro atoms. The molecule has 20 heavy (non-hydrogen) atoms. The quantitative estimate of drug-likeness (QED) is 0.912. The second kappa shape index (κ2) is 6.84. The standard InChI is InChI=1S/C16H17ClFNO/c1-20-9-8-11-2-4-12(5-3-11)16(19)14-7-6-13(18)10-15(14)17/h2-7,10,16H,8-9,19H2,1H3. The second-order valence-electron chi connectivity index (χ2n) is 4.63. The molecule has 0 aliphatic carbocycles. The average Bonchev–Trinajstić information content (AvgIpc) is 2.45. The van der Waals surface area contributed by atoms with Crippen molar-refractivity contribution < 1.29 is 9.13 Å². The van der Waals surface area contributed by atoms with Crippen molar-refractivity contribution in [3.05, 3.63) is 70.0 Å². The lowest BCUT2D eigenvalue weighted by atomic mass is 9.98. The van der Waals surface area contributed by atoms with E-state index >= 15 is 0 Å². The molecule has 0 saturated carbocycles. The Kier molecular flexibility index (Phi) is 5.12. The summed E-state index contributed by atoms with van der Waals surface area (Å²) in [6, 6.07) is 11.9. The van der Waals surface area contributed by atoms with Gasteiger partial charge in [-0.05, 0) is 35.2 Å². The maximum atomic E-state index is 13.0. The van der Waals surface area contributed by atoms with Crippen molar-refractivity contribution in [2.24, 2.45) is 5.73 Å². The van der Waals surface area contributed by atoms with Gasteiger partial charge in [0.2, 0.25) is 0 Å². The van der Waals surface area contributed by atoms with Crippen molar-refractivity contribution in [3.8, 4) is 0 Å². The topological polar surface area (TPSA) is 35.2 Å². The van der Waals surface area contributed by atoms with Crippen LogP contribution in [0.15, 0.2) is 42.5 Å². The smallest absolute Gasteiger partial charge is 0.124 e. The first-order valence-corrected chi connectivity index (χ1v) is 6.78. The molecule has 0 saturated heterocycles. The molecule has 4 heteroatoms. The molecule has 0 aromatic heterocycles. The number of benzene rings is 2. The number of methoxy groups -OCH3 is 1. The van der Waals surface area contributed by atoms with E-state index in [1.165, 1.54) is 17.7 Å². The first-order valence-electron chi connectivity index (χ1n) is 6.40. The van der Waals surface area contributed by atoms with Crippen LogP contribution < -0.4 is 5.73 Å². The molecular weight excluding hydrogens is 277 g/mol. The van der Waals surface area contributed by atoms with E-state index in [0.717, 1.165) is 17.5 Å². The largest absolute Gasteiger partial charge is 0.384 e. The van der Waals surface area contributed by atoms with Crippen molar-refractivity contribution in [1.82, 2.24) is 0 Å². The molecule has 0 aliphatic heterocycles. The Morgan fingerprint density at radius 2 is 1.90 bits per heavy atom. The molecule has 0 fully saturated rings. The van der Waals surface area contributed by atoms with Crippen LogP contribution in [-0.4, -0.2) is 13.7 Å². The second-order valence-corrected chi connectivity index (χ2v) is 5.04. The third kappa shape index (κ3) is 3.57. The van der Waals surface area contributed by atoms with Crippen molar-refractivity contribution in [3.63, 3.8) is 0 Å². The molecule has 2 nitrogen and oxygen atoms in total. The van der Waals surface area contributed by atoms with E-state index in [9.17, 15) is 4.39 Å². The Morgan fingerprint density at radius 1 is 1.20 bits per heavy atom. The van der Waals surface area contributed by atoms with Crippen LogP contribution >= 0.6 is 11.6 Å². The van der Waals surface area contributed by atoms with Gasteiger partial charge >= 0.3 is 0 Å². The highest BCUT2D eigenvalue weighted by Gasteiger charge is 2.13. The number of rotatable bonds is 5. The lowest BCUT2D eigenvalue weighted by Crippen LogP contribution is -2.12. The van der Waals surface area contributed by atoms with Gasteiger partial charge in [-0.1, -0.05) is 41.9 Å². The fraction of sp³-hybridized carbons (Fsp3) is 0.250. The predicted octanol–water partition coefficient (Wildman–Crippen LogP) is 3.72. The van der Waals surface area contributed by atoms with Crippen LogP contribution in [-0.2, 0) is 11.2 Å². The number of hydrogen-bond donors (Lipinski definition) is 1. The molecule has 2 rings (SSSR count). The summed E-state index contributed by atoms with van der Waals surface area (Å²) in [4.78, 5) is 0. The summed E-state index contributed by atoms with van der Waals surface area (Å²) in [5.41, 5.74) is 9.04. The Hall–Kier alpha value is -1.42. The van der Waals surface area contributed by atoms with Gasteiger partial charge in [0.1, 0.15) is 5.82 Å². The number of nitrogens with two attached hydrogens (primary N) is 1. The number of hydrogen-bond acceptors (Lipinski definition) is 2. The van der Waals surface area contributed by atoms with E-state index < -0.39 is 0 Å². The molecule has 2 aromatic rings. The van der Waals surface area contributed by atoms with Gasteiger partial charge in [-0.3, -0.25) is 0 Å². The first kappa shape index (κ1) is 15.0. The van der Waals surface area contributed by atoms with Crippen LogP contribution in [0.5, 0.6) is 0 Å². The minimum Gasteiger partial charge on any atom is -0.384 e. The van der Waals surface area contributed by atoms with Crippen molar-refractivity contribution in [2.45, 2.75) is 12.5 Å². The van der Waals surface area contributed by atoms with E-state index in [1.54, 1.807) is 13.2 Å². The lowest BCUT2D eigenvalue weighted by Gasteiger charge is -2.15. The normalized spacial score (nSPS) is 12.4. The zero-order valence-electron chi connectivity index (χ0n) is 11.3. The van der Waals surface area contributed by atoms with Crippen molar-refractivity contribution in [2.75, 3.05) is 13.7 Å². The third-order valence-electron chi connectivity index (χ3n) is 3.23. The van der Waals surface area contributed by atoms with Crippen molar-refractivity contribution >= 4 is 11.6 Å². The highest BCUT2D eigenvalue weighted by atomic mass is 35.5. The van der Waals surface area contributed by atoms with E-state index in [-0.39, 0.29) is 11.9 Å². The maximum Gasteiger partial charge on any atom is 0.124 e. The summed E-state index contributed by atoms with van der Waals surface area (Å²) >= 11 is 6.04. The summed E-state index contributed by atoms with van der Waals surface area (Å²) in [5, 5.41) is 0.348. The molecule has 1 atom stereocenters. The minimum atomic E-state index is -0.362. The zero-order valence-corrected chi connectivity index (χ0v) is 12.0. The van der Waals surface area contributed by atoms with E-state index in [4.69, 9.17) is 22.1 Å². The molecular formula is C16H17ClFNO. The van der Waals surface area contributed by atoms with E-state index in [2.05, 4.69) is 0 Å². The number of ether oxygens (including phenoxy) is 1. The van der Waals surface area contributed by atoms with Crippen molar-refractivity contribution in [1.29, 1.82) is 0 Å². The average molecular weight is 294 g/mol. The summed E-state index contributed by atoms with van der Waals surface area (Å²) < 4.78 is 18.1. The van der Waals surface area contributed by atoms with Gasteiger partial charge in [0, 0.05) is 12.1 Å². The summed E-state index contributed by atoms with van der Waals surface area (Å²) in [6.45, 7) is 0.690. The van der Waals surface area contributed by atoms with Gasteiger partial charge in [0.25, 0.3) is 0 Å². The molecule has 1 unspecified atom stereocenters. The van der Waals surface area contributed by atoms with Gasteiger partial charge < -0.3 is 10.5 Å². The molecule has 2 aromatic carbocycles. The fourth-order valence-corrected chi connectivity index (χ4v) is 2.33. The summed E-state index contributed by atoms with van der Waals surface area (Å²) in [7, 11) is 1.68. The maximum absolute atomic E-state index is 13.0. The Morgan fingerprint density at radius 3 is 2.50 bits per heavy atom. The Bertz CT molecular complexity index is 571. The summed E-state index contributed by atoms with van der Waals surface area (Å²) in [6.07, 6.45) is 0.864. The van der Waals surface area contributed by atoms with Crippen LogP contribution in [0.2, 0.25) is 5.02 Å². The van der Waals surface area contributed by atoms with Crippen LogP contribution in [0.1, 0.15) is 22.7 Å². The van der Waals surface area contributed by atoms with Gasteiger partial charge in [-0.25, -0.2) is 4.39 Å². The molecule has 0 aliphatic rings. The van der Waals surface area contributed by atoms with Gasteiger partial charge in [0.05, 0.1) is 12.6 Å². The molecule has 2 N–H and O–H groups in total. The third-order valence-corrected chi connectivity index (χ3v) is 3.56. The number of halogens is 2.